The first-order chi connectivity index (χ1) is 8.58. The lowest BCUT2D eigenvalue weighted by Crippen LogP contribution is -2.08. The highest BCUT2D eigenvalue weighted by atomic mass is 15.6. The Morgan fingerprint density at radius 3 is 2.33 bits per heavy atom. The van der Waals surface area contributed by atoms with Gasteiger partial charge >= 0.3 is 0 Å². The predicted molar refractivity (Wildman–Crippen MR) is 73.3 cm³/mol. The lowest BCUT2D eigenvalue weighted by Gasteiger charge is -2.11. The normalized spacial score (nSPS) is 11.1. The number of rotatable bonds is 3. The van der Waals surface area contributed by atoms with Crippen LogP contribution in [0.2, 0.25) is 0 Å². The van der Waals surface area contributed by atoms with Gasteiger partial charge in [0.15, 0.2) is 0 Å². The van der Waals surface area contributed by atoms with Crippen molar-refractivity contribution in [3.05, 3.63) is 41.2 Å². The molecule has 0 radical (unpaired) electrons. The molecule has 0 amide bonds. The van der Waals surface area contributed by atoms with E-state index in [2.05, 4.69) is 32.4 Å². The molecule has 0 aliphatic heterocycles. The molecule has 2 rings (SSSR count). The van der Waals surface area contributed by atoms with Gasteiger partial charge in [0, 0.05) is 19.8 Å². The molecule has 0 aliphatic rings. The monoisotopic (exact) mass is 243 g/mol. The van der Waals surface area contributed by atoms with Crippen LogP contribution in [0.15, 0.2) is 29.4 Å². The third-order valence-electron chi connectivity index (χ3n) is 2.83. The van der Waals surface area contributed by atoms with Crippen molar-refractivity contribution in [2.75, 3.05) is 19.0 Å². The Morgan fingerprint density at radius 2 is 1.83 bits per heavy atom. The minimum Gasteiger partial charge on any atom is -0.378 e. The summed E-state index contributed by atoms with van der Waals surface area (Å²) >= 11 is 0. The Balaban J connectivity index is 2.16. The predicted octanol–water partition coefficient (Wildman–Crippen LogP) is 1.84. The summed E-state index contributed by atoms with van der Waals surface area (Å²) in [6.07, 6.45) is 1.78. The first-order valence-electron chi connectivity index (χ1n) is 5.78. The zero-order valence-corrected chi connectivity index (χ0v) is 11.1. The van der Waals surface area contributed by atoms with E-state index in [1.807, 2.05) is 40.1 Å². The van der Waals surface area contributed by atoms with Crippen LogP contribution in [0.1, 0.15) is 17.0 Å². The highest BCUT2D eigenvalue weighted by molar-refractivity contribution is 5.80. The van der Waals surface area contributed by atoms with E-state index in [1.165, 1.54) is 10.5 Å². The van der Waals surface area contributed by atoms with Crippen molar-refractivity contribution < 1.29 is 0 Å². The van der Waals surface area contributed by atoms with E-state index >= 15 is 0 Å². The molecule has 0 N–H and O–H groups in total. The zero-order chi connectivity index (χ0) is 13.1. The summed E-state index contributed by atoms with van der Waals surface area (Å²) in [6.45, 7) is 3.86. The van der Waals surface area contributed by atoms with Crippen molar-refractivity contribution >= 4 is 11.9 Å². The number of aromatic nitrogens is 3. The number of aryl methyl sites for hydroxylation is 1. The standard InChI is InChI=1S/C13H17N5/c1-10-11(2)18(16-15-10)14-9-12-5-7-13(8-6-12)17(3)4/h5-9H,1-4H3/b14-9+. The maximum atomic E-state index is 4.28. The van der Waals surface area contributed by atoms with Crippen LogP contribution in [0.4, 0.5) is 5.69 Å². The Kier molecular flexibility index (Phi) is 3.41. The van der Waals surface area contributed by atoms with Gasteiger partial charge in [-0.3, -0.25) is 0 Å². The molecule has 0 saturated carbocycles. The summed E-state index contributed by atoms with van der Waals surface area (Å²) in [5.41, 5.74) is 4.05. The minimum absolute atomic E-state index is 0.898. The van der Waals surface area contributed by atoms with Gasteiger partial charge in [0.05, 0.1) is 17.6 Å². The average molecular weight is 243 g/mol. The van der Waals surface area contributed by atoms with Gasteiger partial charge in [-0.2, -0.15) is 5.10 Å². The maximum absolute atomic E-state index is 4.28. The molecular weight excluding hydrogens is 226 g/mol. The number of nitrogens with zero attached hydrogens (tertiary/aromatic N) is 5. The minimum atomic E-state index is 0.898. The smallest absolute Gasteiger partial charge is 0.0848 e. The van der Waals surface area contributed by atoms with Crippen molar-refractivity contribution in [2.45, 2.75) is 13.8 Å². The summed E-state index contributed by atoms with van der Waals surface area (Å²) < 4.78 is 0. The van der Waals surface area contributed by atoms with Crippen molar-refractivity contribution in [3.63, 3.8) is 0 Å². The second-order valence-electron chi connectivity index (χ2n) is 4.38. The fourth-order valence-electron chi connectivity index (χ4n) is 1.48. The Labute approximate surface area is 107 Å². The maximum Gasteiger partial charge on any atom is 0.0848 e. The lowest BCUT2D eigenvalue weighted by molar-refractivity contribution is 0.679. The molecule has 5 heteroatoms. The summed E-state index contributed by atoms with van der Waals surface area (Å²) in [6, 6.07) is 8.16. The first kappa shape index (κ1) is 12.3. The second-order valence-corrected chi connectivity index (χ2v) is 4.38. The number of hydrogen-bond acceptors (Lipinski definition) is 4. The van der Waals surface area contributed by atoms with Crippen LogP contribution in [0.3, 0.4) is 0 Å². The summed E-state index contributed by atoms with van der Waals surface area (Å²) in [4.78, 5) is 3.60. The number of benzene rings is 1. The van der Waals surface area contributed by atoms with E-state index in [4.69, 9.17) is 0 Å². The van der Waals surface area contributed by atoms with Gasteiger partial charge in [0.1, 0.15) is 0 Å². The fraction of sp³-hybridized carbons (Fsp3) is 0.308. The molecule has 0 bridgehead atoms. The molecular formula is C13H17N5. The van der Waals surface area contributed by atoms with E-state index in [0.717, 1.165) is 17.0 Å². The molecule has 1 aromatic heterocycles. The van der Waals surface area contributed by atoms with Gasteiger partial charge in [-0.15, -0.1) is 9.89 Å². The SMILES string of the molecule is Cc1nnn(/N=C/c2ccc(N(C)C)cc2)c1C. The van der Waals surface area contributed by atoms with E-state index in [-0.39, 0.29) is 0 Å². The zero-order valence-electron chi connectivity index (χ0n) is 11.1. The molecule has 94 valence electrons. The Morgan fingerprint density at radius 1 is 1.17 bits per heavy atom. The van der Waals surface area contributed by atoms with Gasteiger partial charge in [-0.1, -0.05) is 12.1 Å². The van der Waals surface area contributed by atoms with Crippen LogP contribution in [0.5, 0.6) is 0 Å². The average Bonchev–Trinajstić information content (AvgIpc) is 2.68. The van der Waals surface area contributed by atoms with E-state index in [9.17, 15) is 0 Å². The topological polar surface area (TPSA) is 46.3 Å². The van der Waals surface area contributed by atoms with Crippen LogP contribution in [-0.4, -0.2) is 35.4 Å². The van der Waals surface area contributed by atoms with Gasteiger partial charge < -0.3 is 4.90 Å². The molecule has 0 atom stereocenters. The Bertz CT molecular complexity index is 551. The first-order valence-corrected chi connectivity index (χ1v) is 5.78. The van der Waals surface area contributed by atoms with Crippen LogP contribution in [0, 0.1) is 13.8 Å². The van der Waals surface area contributed by atoms with Crippen molar-refractivity contribution in [1.82, 2.24) is 15.1 Å². The van der Waals surface area contributed by atoms with Crippen molar-refractivity contribution in [2.24, 2.45) is 5.10 Å². The van der Waals surface area contributed by atoms with E-state index in [0.29, 0.717) is 0 Å². The van der Waals surface area contributed by atoms with Gasteiger partial charge in [0.2, 0.25) is 0 Å². The number of hydrogen-bond donors (Lipinski definition) is 0. The quantitative estimate of drug-likeness (QED) is 0.773. The molecule has 18 heavy (non-hydrogen) atoms. The molecule has 5 nitrogen and oxygen atoms in total. The van der Waals surface area contributed by atoms with Gasteiger partial charge in [-0.25, -0.2) is 0 Å². The lowest BCUT2D eigenvalue weighted by atomic mass is 10.2. The van der Waals surface area contributed by atoms with Crippen LogP contribution < -0.4 is 4.90 Å². The highest BCUT2D eigenvalue weighted by Gasteiger charge is 2.01. The molecule has 1 aromatic carbocycles. The van der Waals surface area contributed by atoms with Crippen molar-refractivity contribution in [3.8, 4) is 0 Å². The third kappa shape index (κ3) is 2.56. The van der Waals surface area contributed by atoms with Crippen LogP contribution in [-0.2, 0) is 0 Å². The van der Waals surface area contributed by atoms with Crippen LogP contribution in [0.25, 0.3) is 0 Å². The molecule has 1 heterocycles. The fourth-order valence-corrected chi connectivity index (χ4v) is 1.48. The van der Waals surface area contributed by atoms with Gasteiger partial charge in [0.25, 0.3) is 0 Å². The highest BCUT2D eigenvalue weighted by Crippen LogP contribution is 2.11. The summed E-state index contributed by atoms with van der Waals surface area (Å²) in [5, 5.41) is 12.2. The largest absolute Gasteiger partial charge is 0.378 e. The van der Waals surface area contributed by atoms with E-state index in [1.54, 1.807) is 6.21 Å². The van der Waals surface area contributed by atoms with Gasteiger partial charge in [-0.05, 0) is 36.8 Å². The molecule has 0 spiro atoms. The molecule has 0 saturated heterocycles. The van der Waals surface area contributed by atoms with Crippen LogP contribution >= 0.6 is 0 Å². The second kappa shape index (κ2) is 5.00. The molecule has 0 fully saturated rings. The van der Waals surface area contributed by atoms with E-state index < -0.39 is 0 Å². The third-order valence-corrected chi connectivity index (χ3v) is 2.83. The Hall–Kier alpha value is -2.17. The summed E-state index contributed by atoms with van der Waals surface area (Å²) in [5.74, 6) is 0. The van der Waals surface area contributed by atoms with Crippen molar-refractivity contribution in [1.29, 1.82) is 0 Å². The number of anilines is 1. The molecule has 2 aromatic rings. The molecule has 0 aliphatic carbocycles. The molecule has 0 unspecified atom stereocenters. The summed E-state index contributed by atoms with van der Waals surface area (Å²) in [7, 11) is 4.04.